The Bertz CT molecular complexity index is 191. The quantitative estimate of drug-likeness (QED) is 0.412. The highest BCUT2D eigenvalue weighted by molar-refractivity contribution is 9.10. The van der Waals surface area contributed by atoms with Crippen LogP contribution >= 0.6 is 71.5 Å². The summed E-state index contributed by atoms with van der Waals surface area (Å²) in [5.41, 5.74) is 0. The topological polar surface area (TPSA) is 55.8 Å². The van der Waals surface area contributed by atoms with Crippen LogP contribution in [0.5, 0.6) is 0 Å². The lowest BCUT2D eigenvalue weighted by atomic mass is 10.5. The van der Waals surface area contributed by atoms with Gasteiger partial charge in [-0.1, -0.05) is 63.7 Å². The Morgan fingerprint density at radius 3 is 1.40 bits per heavy atom. The first kappa shape index (κ1) is 17.0. The average molecular weight is 498 g/mol. The number of hydrogen-bond acceptors (Lipinski definition) is 3. The van der Waals surface area contributed by atoms with Crippen LogP contribution in [0.4, 0.5) is 0 Å². The van der Waals surface area contributed by atoms with E-state index in [2.05, 4.69) is 63.7 Å². The Morgan fingerprint density at radius 2 is 1.20 bits per heavy atom. The second-order valence-electron chi connectivity index (χ2n) is 2.54. The fourth-order valence-electron chi connectivity index (χ4n) is 0.597. The van der Waals surface area contributed by atoms with Gasteiger partial charge >= 0.3 is 7.82 Å². The highest BCUT2D eigenvalue weighted by atomic mass is 79.9. The molecule has 0 aliphatic heterocycles. The summed E-state index contributed by atoms with van der Waals surface area (Å²) in [7, 11) is -3.99. The smallest absolute Gasteiger partial charge is 0.302 e. The lowest BCUT2D eigenvalue weighted by molar-refractivity contribution is 0.106. The van der Waals surface area contributed by atoms with E-state index < -0.39 is 20.0 Å². The summed E-state index contributed by atoms with van der Waals surface area (Å²) in [6.45, 7) is 0. The van der Waals surface area contributed by atoms with Crippen molar-refractivity contribution in [3.63, 3.8) is 0 Å². The molecular formula is C6H11Br4O4P. The Kier molecular flexibility index (Phi) is 10.2. The van der Waals surface area contributed by atoms with Gasteiger partial charge in [0.15, 0.2) is 0 Å². The molecule has 0 aliphatic carbocycles. The van der Waals surface area contributed by atoms with Crippen molar-refractivity contribution in [2.75, 3.05) is 21.3 Å². The first-order chi connectivity index (χ1) is 6.99. The molecule has 0 radical (unpaired) electrons. The largest absolute Gasteiger partial charge is 0.472 e. The number of alkyl halides is 4. The third-order valence-electron chi connectivity index (χ3n) is 1.25. The Morgan fingerprint density at radius 1 is 0.933 bits per heavy atom. The molecule has 0 unspecified atom stereocenters. The molecule has 92 valence electrons. The zero-order valence-electron chi connectivity index (χ0n) is 7.61. The van der Waals surface area contributed by atoms with E-state index in [0.717, 1.165) is 0 Å². The van der Waals surface area contributed by atoms with Crippen molar-refractivity contribution in [1.29, 1.82) is 0 Å². The van der Waals surface area contributed by atoms with Crippen LogP contribution in [-0.2, 0) is 13.6 Å². The van der Waals surface area contributed by atoms with Crippen LogP contribution in [0, 0.1) is 0 Å². The van der Waals surface area contributed by atoms with Crippen LogP contribution in [0.2, 0.25) is 0 Å². The van der Waals surface area contributed by atoms with Crippen LogP contribution in [0.15, 0.2) is 0 Å². The van der Waals surface area contributed by atoms with Gasteiger partial charge in [0.25, 0.3) is 0 Å². The van der Waals surface area contributed by atoms with E-state index in [1.54, 1.807) is 0 Å². The molecule has 9 heteroatoms. The predicted molar refractivity (Wildman–Crippen MR) is 74.7 cm³/mol. The molecule has 0 rings (SSSR count). The van der Waals surface area contributed by atoms with Crippen molar-refractivity contribution in [2.45, 2.75) is 12.2 Å². The lowest BCUT2D eigenvalue weighted by Gasteiger charge is -2.20. The average Bonchev–Trinajstić information content (AvgIpc) is 2.22. The van der Waals surface area contributed by atoms with Crippen molar-refractivity contribution in [3.05, 3.63) is 0 Å². The van der Waals surface area contributed by atoms with Crippen LogP contribution in [0.3, 0.4) is 0 Å². The summed E-state index contributed by atoms with van der Waals surface area (Å²) in [5.74, 6) is 0. The summed E-state index contributed by atoms with van der Waals surface area (Å²) in [4.78, 5) is 9.41. The van der Waals surface area contributed by atoms with E-state index in [1.807, 2.05) is 0 Å². The van der Waals surface area contributed by atoms with E-state index in [-0.39, 0.29) is 0 Å². The van der Waals surface area contributed by atoms with Gasteiger partial charge in [0, 0.05) is 21.3 Å². The first-order valence-electron chi connectivity index (χ1n) is 3.92. The fraction of sp³-hybridized carbons (Fsp3) is 1.00. The summed E-state index contributed by atoms with van der Waals surface area (Å²) >= 11 is 12.7. The van der Waals surface area contributed by atoms with Gasteiger partial charge in [-0.3, -0.25) is 9.05 Å². The van der Waals surface area contributed by atoms with E-state index in [1.165, 1.54) is 0 Å². The highest BCUT2D eigenvalue weighted by Crippen LogP contribution is 2.46. The van der Waals surface area contributed by atoms with Gasteiger partial charge in [0.2, 0.25) is 0 Å². The lowest BCUT2D eigenvalue weighted by Crippen LogP contribution is -2.20. The van der Waals surface area contributed by atoms with E-state index >= 15 is 0 Å². The van der Waals surface area contributed by atoms with Gasteiger partial charge < -0.3 is 4.89 Å². The molecule has 0 spiro atoms. The third-order valence-corrected chi connectivity index (χ3v) is 5.27. The first-order valence-corrected chi connectivity index (χ1v) is 9.90. The molecule has 0 fully saturated rings. The number of halogens is 4. The zero-order valence-corrected chi connectivity index (χ0v) is 14.9. The Balaban J connectivity index is 4.21. The van der Waals surface area contributed by atoms with Crippen molar-refractivity contribution in [2.24, 2.45) is 0 Å². The monoisotopic (exact) mass is 494 g/mol. The van der Waals surface area contributed by atoms with Gasteiger partial charge in [-0.15, -0.1) is 0 Å². The molecular weight excluding hydrogens is 487 g/mol. The summed E-state index contributed by atoms with van der Waals surface area (Å²) in [5, 5.41) is 1.83. The van der Waals surface area contributed by atoms with Crippen LogP contribution in [-0.4, -0.2) is 38.4 Å². The van der Waals surface area contributed by atoms with Gasteiger partial charge in [-0.25, -0.2) is 4.57 Å². The van der Waals surface area contributed by atoms with E-state index in [9.17, 15) is 9.46 Å². The summed E-state index contributed by atoms with van der Waals surface area (Å²) in [6, 6.07) is 0. The molecule has 1 N–H and O–H groups in total. The van der Waals surface area contributed by atoms with Gasteiger partial charge in [0.05, 0.1) is 12.2 Å². The molecule has 0 atom stereocenters. The maximum atomic E-state index is 11.5. The molecule has 0 saturated heterocycles. The SMILES string of the molecule is O=P(O)(OC(CBr)CBr)OC(CBr)CBr. The maximum Gasteiger partial charge on any atom is 0.472 e. The van der Waals surface area contributed by atoms with Crippen LogP contribution < -0.4 is 0 Å². The molecule has 0 heterocycles. The minimum Gasteiger partial charge on any atom is -0.302 e. The Hall–Kier alpha value is 2.03. The normalized spacial score (nSPS) is 12.7. The van der Waals surface area contributed by atoms with Gasteiger partial charge in [-0.2, -0.15) is 0 Å². The molecule has 0 aliphatic rings. The minimum atomic E-state index is -3.99. The van der Waals surface area contributed by atoms with Gasteiger partial charge in [-0.05, 0) is 0 Å². The number of phosphoric acid groups is 1. The zero-order chi connectivity index (χ0) is 11.9. The molecule has 0 bridgehead atoms. The van der Waals surface area contributed by atoms with Crippen molar-refractivity contribution < 1.29 is 18.5 Å². The summed E-state index contributed by atoms with van der Waals surface area (Å²) in [6.07, 6.45) is -0.792. The fourth-order valence-corrected chi connectivity index (χ4v) is 5.19. The van der Waals surface area contributed by atoms with Crippen LogP contribution in [0.1, 0.15) is 0 Å². The second kappa shape index (κ2) is 9.03. The van der Waals surface area contributed by atoms with E-state index in [0.29, 0.717) is 21.3 Å². The van der Waals surface area contributed by atoms with Crippen molar-refractivity contribution in [3.8, 4) is 0 Å². The minimum absolute atomic E-state index is 0.396. The second-order valence-corrected chi connectivity index (χ2v) is 6.49. The number of rotatable bonds is 8. The standard InChI is InChI=1S/C6H11Br4O4P/c7-1-5(2-8)13-15(11,12)14-6(3-9)4-10/h5-6H,1-4H2,(H,11,12). The molecule has 0 aromatic carbocycles. The predicted octanol–water partition coefficient (Wildman–Crippen LogP) is 3.44. The van der Waals surface area contributed by atoms with E-state index in [4.69, 9.17) is 9.05 Å². The molecule has 0 aromatic heterocycles. The van der Waals surface area contributed by atoms with Crippen LogP contribution in [0.25, 0.3) is 0 Å². The van der Waals surface area contributed by atoms with Crippen molar-refractivity contribution >= 4 is 71.5 Å². The maximum absolute atomic E-state index is 11.5. The number of hydrogen-bond donors (Lipinski definition) is 1. The van der Waals surface area contributed by atoms with Gasteiger partial charge in [0.1, 0.15) is 0 Å². The molecule has 0 saturated carbocycles. The molecule has 4 nitrogen and oxygen atoms in total. The highest BCUT2D eigenvalue weighted by Gasteiger charge is 2.28. The Labute approximate surface area is 123 Å². The number of phosphoric ester groups is 1. The molecule has 15 heavy (non-hydrogen) atoms. The van der Waals surface area contributed by atoms with Crippen molar-refractivity contribution in [1.82, 2.24) is 0 Å². The molecule has 0 amide bonds. The summed E-state index contributed by atoms with van der Waals surface area (Å²) < 4.78 is 21.3. The third kappa shape index (κ3) is 7.86. The molecule has 0 aromatic rings.